The van der Waals surface area contributed by atoms with Crippen molar-refractivity contribution in [2.45, 2.75) is 51.7 Å². The van der Waals surface area contributed by atoms with Crippen molar-refractivity contribution in [1.29, 1.82) is 0 Å². The first kappa shape index (κ1) is 25.5. The molecule has 2 aromatic rings. The minimum Gasteiger partial charge on any atom is -0.343 e. The summed E-state index contributed by atoms with van der Waals surface area (Å²) in [4.78, 5) is 31.4. The number of urea groups is 1. The van der Waals surface area contributed by atoms with Crippen LogP contribution in [0.25, 0.3) is 0 Å². The summed E-state index contributed by atoms with van der Waals surface area (Å²) in [5.41, 5.74) is 2.45. The summed E-state index contributed by atoms with van der Waals surface area (Å²) in [5, 5.41) is 4.00. The number of hydrogen-bond donors (Lipinski definition) is 1. The van der Waals surface area contributed by atoms with Crippen molar-refractivity contribution in [3.63, 3.8) is 0 Å². The lowest BCUT2D eigenvalue weighted by molar-refractivity contribution is -0.129. The number of piperazine rings is 1. The van der Waals surface area contributed by atoms with E-state index in [2.05, 4.69) is 60.5 Å². The van der Waals surface area contributed by atoms with Gasteiger partial charge in [0, 0.05) is 56.8 Å². The van der Waals surface area contributed by atoms with E-state index in [0.717, 1.165) is 31.0 Å². The van der Waals surface area contributed by atoms with E-state index in [9.17, 15) is 9.59 Å². The molecule has 1 N–H and O–H groups in total. The first-order valence-corrected chi connectivity index (χ1v) is 13.1. The Morgan fingerprint density at radius 2 is 1.54 bits per heavy atom. The lowest BCUT2D eigenvalue weighted by Gasteiger charge is -2.46. The predicted molar refractivity (Wildman–Crippen MR) is 140 cm³/mol. The minimum absolute atomic E-state index is 0.0207. The Balaban J connectivity index is 1.48. The van der Waals surface area contributed by atoms with Crippen LogP contribution in [0.1, 0.15) is 50.8 Å². The van der Waals surface area contributed by atoms with E-state index < -0.39 is 0 Å². The van der Waals surface area contributed by atoms with Gasteiger partial charge in [-0.1, -0.05) is 67.9 Å². The predicted octanol–water partition coefficient (Wildman–Crippen LogP) is 4.79. The summed E-state index contributed by atoms with van der Waals surface area (Å²) in [7, 11) is 0. The summed E-state index contributed by atoms with van der Waals surface area (Å²) in [6.07, 6.45) is 1.62. The first-order valence-electron chi connectivity index (χ1n) is 12.7. The number of amides is 3. The van der Waals surface area contributed by atoms with Crippen molar-refractivity contribution in [3.8, 4) is 0 Å². The van der Waals surface area contributed by atoms with Crippen molar-refractivity contribution in [3.05, 3.63) is 70.7 Å². The van der Waals surface area contributed by atoms with Crippen molar-refractivity contribution in [2.24, 2.45) is 5.92 Å². The Kier molecular flexibility index (Phi) is 8.34. The largest absolute Gasteiger partial charge is 0.343 e. The summed E-state index contributed by atoms with van der Waals surface area (Å²) >= 11 is 6.19. The summed E-state index contributed by atoms with van der Waals surface area (Å²) in [6.45, 7) is 9.69. The Morgan fingerprint density at radius 1 is 0.914 bits per heavy atom. The average molecular weight is 497 g/mol. The second-order valence-electron chi connectivity index (χ2n) is 10.1. The highest BCUT2D eigenvalue weighted by Gasteiger charge is 2.37. The monoisotopic (exact) mass is 496 g/mol. The van der Waals surface area contributed by atoms with Gasteiger partial charge in [-0.05, 0) is 42.0 Å². The third kappa shape index (κ3) is 6.17. The highest BCUT2D eigenvalue weighted by atomic mass is 35.5. The number of nitrogens with one attached hydrogen (secondary N) is 1. The molecule has 2 atom stereocenters. The number of carbonyl (C=O) groups excluding carboxylic acids is 2. The van der Waals surface area contributed by atoms with Crippen molar-refractivity contribution in [1.82, 2.24) is 20.0 Å². The molecule has 0 bridgehead atoms. The van der Waals surface area contributed by atoms with E-state index in [4.69, 9.17) is 11.6 Å². The number of nitrogens with zero attached hydrogens (tertiary/aromatic N) is 3. The Bertz CT molecular complexity index is 990. The number of benzene rings is 2. The molecule has 6 nitrogen and oxygen atoms in total. The second kappa shape index (κ2) is 11.4. The minimum atomic E-state index is 0.0207. The van der Waals surface area contributed by atoms with Gasteiger partial charge in [-0.2, -0.15) is 0 Å². The molecule has 35 heavy (non-hydrogen) atoms. The van der Waals surface area contributed by atoms with Gasteiger partial charge in [0.15, 0.2) is 0 Å². The molecular weight excluding hydrogens is 460 g/mol. The van der Waals surface area contributed by atoms with Gasteiger partial charge in [0.1, 0.15) is 0 Å². The Hall–Kier alpha value is -2.57. The van der Waals surface area contributed by atoms with E-state index in [1.165, 1.54) is 11.1 Å². The van der Waals surface area contributed by atoms with E-state index in [-0.39, 0.29) is 30.1 Å². The van der Waals surface area contributed by atoms with Gasteiger partial charge in [0.25, 0.3) is 0 Å². The summed E-state index contributed by atoms with van der Waals surface area (Å²) in [6, 6.07) is 19.0. The summed E-state index contributed by atoms with van der Waals surface area (Å²) in [5.74, 6) is 0.434. The number of carbonyl (C=O) groups is 2. The number of halogens is 1. The van der Waals surface area contributed by atoms with Crippen LogP contribution in [0.2, 0.25) is 5.02 Å². The quantitative estimate of drug-likeness (QED) is 0.647. The zero-order valence-corrected chi connectivity index (χ0v) is 21.7. The zero-order valence-electron chi connectivity index (χ0n) is 21.0. The maximum absolute atomic E-state index is 13.4. The number of piperidine rings is 1. The van der Waals surface area contributed by atoms with Gasteiger partial charge in [-0.15, -0.1) is 0 Å². The number of rotatable bonds is 5. The van der Waals surface area contributed by atoms with Gasteiger partial charge in [-0.25, -0.2) is 4.79 Å². The highest BCUT2D eigenvalue weighted by Crippen LogP contribution is 2.32. The van der Waals surface area contributed by atoms with E-state index >= 15 is 0 Å². The topological polar surface area (TPSA) is 55.9 Å². The Morgan fingerprint density at radius 3 is 2.14 bits per heavy atom. The molecule has 2 aromatic carbocycles. The second-order valence-corrected chi connectivity index (χ2v) is 10.5. The molecule has 0 saturated carbocycles. The van der Waals surface area contributed by atoms with Gasteiger partial charge >= 0.3 is 6.03 Å². The van der Waals surface area contributed by atoms with Gasteiger partial charge in [0.2, 0.25) is 5.91 Å². The van der Waals surface area contributed by atoms with Crippen molar-refractivity contribution in [2.75, 3.05) is 32.7 Å². The molecule has 2 heterocycles. The van der Waals surface area contributed by atoms with Crippen molar-refractivity contribution >= 4 is 23.5 Å². The fourth-order valence-corrected chi connectivity index (χ4v) is 5.51. The molecule has 7 heteroatoms. The molecular formula is C28H37ClN4O2. The zero-order chi connectivity index (χ0) is 24.9. The maximum atomic E-state index is 13.4. The standard InChI is InChI=1S/C28H37ClN4O2/c1-20(2)26-19-32(27(22-7-5-4-6-8-22)23-9-11-24(29)12-10-23)17-18-33(26)28(35)30-25-13-15-31(16-14-25)21(3)34/h4-12,20,25-27H,13-19H2,1-3H3,(H,30,35). The van der Waals surface area contributed by atoms with Gasteiger partial charge in [-0.3, -0.25) is 9.69 Å². The molecule has 0 spiro atoms. The fourth-order valence-electron chi connectivity index (χ4n) is 5.38. The van der Waals surface area contributed by atoms with Crippen LogP contribution in [-0.2, 0) is 4.79 Å². The maximum Gasteiger partial charge on any atom is 0.317 e. The van der Waals surface area contributed by atoms with E-state index in [0.29, 0.717) is 25.6 Å². The normalized spacial score (nSPS) is 20.7. The van der Waals surface area contributed by atoms with Crippen LogP contribution in [0.5, 0.6) is 0 Å². The van der Waals surface area contributed by atoms with Crippen LogP contribution in [-0.4, -0.2) is 71.4 Å². The van der Waals surface area contributed by atoms with E-state index in [1.807, 2.05) is 28.0 Å². The van der Waals surface area contributed by atoms with E-state index in [1.54, 1.807) is 6.92 Å². The lowest BCUT2D eigenvalue weighted by atomic mass is 9.93. The summed E-state index contributed by atoms with van der Waals surface area (Å²) < 4.78 is 0. The third-order valence-corrected chi connectivity index (χ3v) is 7.67. The molecule has 2 saturated heterocycles. The lowest BCUT2D eigenvalue weighted by Crippen LogP contribution is -2.61. The molecule has 2 aliphatic heterocycles. The molecule has 2 fully saturated rings. The molecule has 2 unspecified atom stereocenters. The van der Waals surface area contributed by atoms with Crippen molar-refractivity contribution < 1.29 is 9.59 Å². The first-order chi connectivity index (χ1) is 16.8. The van der Waals surface area contributed by atoms with Crippen LogP contribution < -0.4 is 5.32 Å². The smallest absolute Gasteiger partial charge is 0.317 e. The molecule has 188 valence electrons. The van der Waals surface area contributed by atoms with Gasteiger partial charge < -0.3 is 15.1 Å². The number of hydrogen-bond acceptors (Lipinski definition) is 3. The molecule has 0 aromatic heterocycles. The number of likely N-dealkylation sites (tertiary alicyclic amines) is 1. The third-order valence-electron chi connectivity index (χ3n) is 7.41. The van der Waals surface area contributed by atoms with Crippen LogP contribution in [0.4, 0.5) is 4.79 Å². The molecule has 4 rings (SSSR count). The van der Waals surface area contributed by atoms with Crippen LogP contribution in [0.15, 0.2) is 54.6 Å². The van der Waals surface area contributed by atoms with Crippen LogP contribution >= 0.6 is 11.6 Å². The molecule has 2 aliphatic rings. The van der Waals surface area contributed by atoms with Crippen LogP contribution in [0, 0.1) is 5.92 Å². The fraction of sp³-hybridized carbons (Fsp3) is 0.500. The van der Waals surface area contributed by atoms with Crippen LogP contribution in [0.3, 0.4) is 0 Å². The average Bonchev–Trinajstić information content (AvgIpc) is 2.86. The SMILES string of the molecule is CC(=O)N1CCC(NC(=O)N2CCN(C(c3ccccc3)c3ccc(Cl)cc3)CC2C(C)C)CC1. The van der Waals surface area contributed by atoms with Gasteiger partial charge in [0.05, 0.1) is 6.04 Å². The Labute approximate surface area is 214 Å². The molecule has 0 aliphatic carbocycles. The highest BCUT2D eigenvalue weighted by molar-refractivity contribution is 6.30. The molecule has 0 radical (unpaired) electrons. The molecule has 3 amide bonds.